The van der Waals surface area contributed by atoms with Crippen molar-refractivity contribution in [1.82, 2.24) is 10.2 Å². The van der Waals surface area contributed by atoms with Crippen molar-refractivity contribution < 1.29 is 18.4 Å². The van der Waals surface area contributed by atoms with E-state index in [4.69, 9.17) is 4.42 Å². The summed E-state index contributed by atoms with van der Waals surface area (Å²) in [7, 11) is 0. The monoisotopic (exact) mass is 359 g/mol. The van der Waals surface area contributed by atoms with Gasteiger partial charge in [-0.3, -0.25) is 4.79 Å². The topological polar surface area (TPSA) is 74.6 Å². The van der Waals surface area contributed by atoms with Crippen LogP contribution in [0.4, 0.5) is 14.9 Å². The van der Waals surface area contributed by atoms with Crippen molar-refractivity contribution in [3.63, 3.8) is 0 Å². The van der Waals surface area contributed by atoms with Crippen molar-refractivity contribution in [1.29, 1.82) is 0 Å². The molecule has 26 heavy (non-hydrogen) atoms. The molecule has 0 saturated carbocycles. The first-order chi connectivity index (χ1) is 12.6. The lowest BCUT2D eigenvalue weighted by atomic mass is 9.93. The quantitative estimate of drug-likeness (QED) is 0.858. The van der Waals surface area contributed by atoms with E-state index in [-0.39, 0.29) is 17.8 Å². The summed E-state index contributed by atoms with van der Waals surface area (Å²) in [6.45, 7) is 1.96. The Morgan fingerprint density at radius 2 is 1.88 bits per heavy atom. The first-order valence-electron chi connectivity index (χ1n) is 8.74. The Morgan fingerprint density at radius 3 is 2.54 bits per heavy atom. The lowest BCUT2D eigenvalue weighted by molar-refractivity contribution is 0.0949. The van der Waals surface area contributed by atoms with Gasteiger partial charge in [0.25, 0.3) is 5.91 Å². The largest absolute Gasteiger partial charge is 0.472 e. The number of halogens is 1. The number of likely N-dealkylation sites (tertiary alicyclic amines) is 1. The van der Waals surface area contributed by atoms with E-state index < -0.39 is 0 Å². The number of nitrogens with one attached hydrogen (secondary N) is 2. The van der Waals surface area contributed by atoms with Gasteiger partial charge >= 0.3 is 6.03 Å². The standard InChI is InChI=1S/C19H22FN3O3/c20-16-1-3-17(4-2-16)22-19(25)23-10-6-14(7-11-23)5-9-21-18(24)15-8-12-26-13-15/h1-4,8,12-14H,5-7,9-11H2,(H,21,24)(H,22,25). The maximum Gasteiger partial charge on any atom is 0.321 e. The molecule has 1 fully saturated rings. The lowest BCUT2D eigenvalue weighted by Gasteiger charge is -2.32. The highest BCUT2D eigenvalue weighted by Crippen LogP contribution is 2.21. The number of hydrogen-bond donors (Lipinski definition) is 2. The molecule has 0 spiro atoms. The molecule has 2 aromatic rings. The van der Waals surface area contributed by atoms with Gasteiger partial charge in [-0.15, -0.1) is 0 Å². The first kappa shape index (κ1) is 18.0. The molecular weight excluding hydrogens is 337 g/mol. The van der Waals surface area contributed by atoms with Crippen LogP contribution in [0.3, 0.4) is 0 Å². The van der Waals surface area contributed by atoms with Crippen LogP contribution >= 0.6 is 0 Å². The summed E-state index contributed by atoms with van der Waals surface area (Å²) >= 11 is 0. The van der Waals surface area contributed by atoms with Crippen LogP contribution in [0.25, 0.3) is 0 Å². The van der Waals surface area contributed by atoms with Gasteiger partial charge in [0.15, 0.2) is 0 Å². The van der Waals surface area contributed by atoms with Gasteiger partial charge < -0.3 is 20.0 Å². The van der Waals surface area contributed by atoms with Gasteiger partial charge in [-0.2, -0.15) is 0 Å². The van der Waals surface area contributed by atoms with Crippen molar-refractivity contribution in [3.05, 3.63) is 54.2 Å². The maximum absolute atomic E-state index is 12.9. The third-order valence-corrected chi connectivity index (χ3v) is 4.62. The van der Waals surface area contributed by atoms with Crippen molar-refractivity contribution in [3.8, 4) is 0 Å². The van der Waals surface area contributed by atoms with E-state index in [9.17, 15) is 14.0 Å². The summed E-state index contributed by atoms with van der Waals surface area (Å²) in [6, 6.07) is 7.20. The number of piperidine rings is 1. The van der Waals surface area contributed by atoms with Crippen LogP contribution < -0.4 is 10.6 Å². The zero-order chi connectivity index (χ0) is 18.4. The minimum absolute atomic E-state index is 0.130. The molecule has 3 rings (SSSR count). The smallest absolute Gasteiger partial charge is 0.321 e. The fourth-order valence-corrected chi connectivity index (χ4v) is 3.05. The number of carbonyl (C=O) groups excluding carboxylic acids is 2. The molecular formula is C19H22FN3O3. The van der Waals surface area contributed by atoms with Gasteiger partial charge in [-0.25, -0.2) is 9.18 Å². The molecule has 3 amide bonds. The summed E-state index contributed by atoms with van der Waals surface area (Å²) in [5.41, 5.74) is 1.11. The number of urea groups is 1. The van der Waals surface area contributed by atoms with Crippen molar-refractivity contribution in [2.75, 3.05) is 25.0 Å². The molecule has 0 radical (unpaired) electrons. The highest BCUT2D eigenvalue weighted by atomic mass is 19.1. The Labute approximate surface area is 151 Å². The van der Waals surface area contributed by atoms with E-state index in [2.05, 4.69) is 10.6 Å². The average molecular weight is 359 g/mol. The van der Waals surface area contributed by atoms with Gasteiger partial charge in [0, 0.05) is 25.3 Å². The second-order valence-electron chi connectivity index (χ2n) is 6.42. The lowest BCUT2D eigenvalue weighted by Crippen LogP contribution is -2.41. The first-order valence-corrected chi connectivity index (χ1v) is 8.74. The Balaban J connectivity index is 1.36. The summed E-state index contributed by atoms with van der Waals surface area (Å²) < 4.78 is 17.8. The predicted molar refractivity (Wildman–Crippen MR) is 95.4 cm³/mol. The molecule has 7 heteroatoms. The van der Waals surface area contributed by atoms with Crippen LogP contribution in [0.2, 0.25) is 0 Å². The van der Waals surface area contributed by atoms with Crippen molar-refractivity contribution in [2.45, 2.75) is 19.3 Å². The molecule has 0 unspecified atom stereocenters. The summed E-state index contributed by atoms with van der Waals surface area (Å²) in [5.74, 6) is 0.0213. The van der Waals surface area contributed by atoms with Gasteiger partial charge in [-0.05, 0) is 55.5 Å². The minimum Gasteiger partial charge on any atom is -0.472 e. The van der Waals surface area contributed by atoms with Crippen molar-refractivity contribution in [2.24, 2.45) is 5.92 Å². The number of rotatable bonds is 5. The SMILES string of the molecule is O=C(NCCC1CCN(C(=O)Nc2ccc(F)cc2)CC1)c1ccoc1. The molecule has 1 aromatic heterocycles. The van der Waals surface area contributed by atoms with Gasteiger partial charge in [-0.1, -0.05) is 0 Å². The number of benzene rings is 1. The summed E-state index contributed by atoms with van der Waals surface area (Å²) in [4.78, 5) is 25.8. The number of anilines is 1. The Hall–Kier alpha value is -2.83. The van der Waals surface area contributed by atoms with Crippen LogP contribution in [0, 0.1) is 11.7 Å². The number of amides is 3. The van der Waals surface area contributed by atoms with Crippen molar-refractivity contribution >= 4 is 17.6 Å². The Bertz CT molecular complexity index is 723. The normalized spacial score (nSPS) is 14.9. The van der Waals surface area contributed by atoms with Crippen LogP contribution in [-0.2, 0) is 0 Å². The summed E-state index contributed by atoms with van der Waals surface area (Å²) in [6.07, 6.45) is 5.59. The van der Waals surface area contributed by atoms with E-state index in [1.54, 1.807) is 23.1 Å². The van der Waals surface area contributed by atoms with E-state index in [0.29, 0.717) is 36.8 Å². The molecule has 2 heterocycles. The van der Waals surface area contributed by atoms with Crippen LogP contribution in [0.15, 0.2) is 47.3 Å². The number of carbonyl (C=O) groups is 2. The molecule has 138 valence electrons. The zero-order valence-electron chi connectivity index (χ0n) is 14.4. The average Bonchev–Trinajstić information content (AvgIpc) is 3.19. The van der Waals surface area contributed by atoms with Crippen LogP contribution in [0.5, 0.6) is 0 Å². The highest BCUT2D eigenvalue weighted by Gasteiger charge is 2.22. The molecule has 1 aliphatic heterocycles. The fraction of sp³-hybridized carbons (Fsp3) is 0.368. The van der Waals surface area contributed by atoms with Gasteiger partial charge in [0.05, 0.1) is 11.8 Å². The Kier molecular flexibility index (Phi) is 5.88. The number of hydrogen-bond acceptors (Lipinski definition) is 3. The third kappa shape index (κ3) is 4.84. The molecule has 0 bridgehead atoms. The van der Waals surface area contributed by atoms with Gasteiger partial charge in [0.2, 0.25) is 0 Å². The van der Waals surface area contributed by atoms with E-state index in [1.165, 1.54) is 24.7 Å². The molecule has 2 N–H and O–H groups in total. The molecule has 0 atom stereocenters. The second-order valence-corrected chi connectivity index (χ2v) is 6.42. The zero-order valence-corrected chi connectivity index (χ0v) is 14.4. The third-order valence-electron chi connectivity index (χ3n) is 4.62. The molecule has 1 aliphatic rings. The molecule has 6 nitrogen and oxygen atoms in total. The minimum atomic E-state index is -0.330. The maximum atomic E-state index is 12.9. The van der Waals surface area contributed by atoms with E-state index in [0.717, 1.165) is 19.3 Å². The van der Waals surface area contributed by atoms with E-state index >= 15 is 0 Å². The van der Waals surface area contributed by atoms with E-state index in [1.807, 2.05) is 0 Å². The fourth-order valence-electron chi connectivity index (χ4n) is 3.05. The van der Waals surface area contributed by atoms with Crippen LogP contribution in [-0.4, -0.2) is 36.5 Å². The van der Waals surface area contributed by atoms with Crippen LogP contribution in [0.1, 0.15) is 29.6 Å². The molecule has 0 aliphatic carbocycles. The molecule has 1 aromatic carbocycles. The number of furan rings is 1. The second kappa shape index (κ2) is 8.51. The predicted octanol–water partition coefficient (Wildman–Crippen LogP) is 3.48. The highest BCUT2D eigenvalue weighted by molar-refractivity contribution is 5.93. The van der Waals surface area contributed by atoms with Gasteiger partial charge in [0.1, 0.15) is 12.1 Å². The summed E-state index contributed by atoms with van der Waals surface area (Å²) in [5, 5.41) is 5.66. The Morgan fingerprint density at radius 1 is 1.15 bits per heavy atom. The number of nitrogens with zero attached hydrogens (tertiary/aromatic N) is 1. The molecule has 1 saturated heterocycles.